The third-order valence-corrected chi connectivity index (χ3v) is 5.86. The SMILES string of the molecule is CC(CCC#N)C1CCCC1.CC(CCC=O)C1CCCC1. The Morgan fingerprint density at radius 3 is 1.82 bits per heavy atom. The highest BCUT2D eigenvalue weighted by atomic mass is 16.1. The first-order valence-corrected chi connectivity index (χ1v) is 9.49. The Kier molecular flexibility index (Phi) is 10.2. The number of aldehydes is 1. The highest BCUT2D eigenvalue weighted by Gasteiger charge is 2.21. The minimum Gasteiger partial charge on any atom is -0.303 e. The number of hydrogen-bond acceptors (Lipinski definition) is 2. The summed E-state index contributed by atoms with van der Waals surface area (Å²) in [5.41, 5.74) is 0. The Morgan fingerprint density at radius 2 is 1.41 bits per heavy atom. The van der Waals surface area contributed by atoms with E-state index in [-0.39, 0.29) is 0 Å². The van der Waals surface area contributed by atoms with Gasteiger partial charge in [-0.25, -0.2) is 0 Å². The molecule has 0 radical (unpaired) electrons. The van der Waals surface area contributed by atoms with Gasteiger partial charge in [-0.05, 0) is 36.5 Å². The fourth-order valence-corrected chi connectivity index (χ4v) is 4.15. The smallest absolute Gasteiger partial charge is 0.120 e. The van der Waals surface area contributed by atoms with Crippen LogP contribution in [0.1, 0.15) is 90.9 Å². The predicted octanol–water partition coefficient (Wildman–Crippen LogP) is 5.91. The van der Waals surface area contributed by atoms with E-state index in [0.29, 0.717) is 0 Å². The molecule has 0 amide bonds. The maximum atomic E-state index is 10.1. The number of carbonyl (C=O) groups is 1. The number of hydrogen-bond donors (Lipinski definition) is 0. The topological polar surface area (TPSA) is 40.9 Å². The Labute approximate surface area is 137 Å². The maximum Gasteiger partial charge on any atom is 0.120 e. The summed E-state index contributed by atoms with van der Waals surface area (Å²) in [5, 5.41) is 8.41. The molecular formula is C20H35NO. The van der Waals surface area contributed by atoms with Crippen LogP contribution in [0.25, 0.3) is 0 Å². The number of nitriles is 1. The summed E-state index contributed by atoms with van der Waals surface area (Å²) in [5.74, 6) is 3.43. The van der Waals surface area contributed by atoms with Crippen LogP contribution < -0.4 is 0 Å². The summed E-state index contributed by atoms with van der Waals surface area (Å²) < 4.78 is 0. The third-order valence-electron chi connectivity index (χ3n) is 5.86. The van der Waals surface area contributed by atoms with Gasteiger partial charge in [-0.3, -0.25) is 0 Å². The van der Waals surface area contributed by atoms with Gasteiger partial charge in [-0.2, -0.15) is 5.26 Å². The summed E-state index contributed by atoms with van der Waals surface area (Å²) in [6.07, 6.45) is 16.1. The van der Waals surface area contributed by atoms with E-state index >= 15 is 0 Å². The zero-order chi connectivity index (χ0) is 16.2. The van der Waals surface area contributed by atoms with Crippen LogP contribution in [0.4, 0.5) is 0 Å². The minimum atomic E-state index is 0.748. The van der Waals surface area contributed by atoms with Gasteiger partial charge in [0.2, 0.25) is 0 Å². The normalized spacial score (nSPS) is 21.7. The molecule has 2 fully saturated rings. The van der Waals surface area contributed by atoms with E-state index in [9.17, 15) is 4.79 Å². The fourth-order valence-electron chi connectivity index (χ4n) is 4.15. The highest BCUT2D eigenvalue weighted by molar-refractivity contribution is 5.49. The second-order valence-electron chi connectivity index (χ2n) is 7.48. The van der Waals surface area contributed by atoms with Crippen molar-refractivity contribution in [2.24, 2.45) is 23.7 Å². The zero-order valence-corrected chi connectivity index (χ0v) is 14.7. The molecule has 2 rings (SSSR count). The number of carbonyl (C=O) groups excluding carboxylic acids is 1. The van der Waals surface area contributed by atoms with E-state index in [2.05, 4.69) is 19.9 Å². The number of nitrogens with zero attached hydrogens (tertiary/aromatic N) is 1. The van der Waals surface area contributed by atoms with Gasteiger partial charge < -0.3 is 4.79 Å². The van der Waals surface area contributed by atoms with E-state index in [1.165, 1.54) is 51.4 Å². The molecule has 0 aromatic carbocycles. The molecule has 0 spiro atoms. The van der Waals surface area contributed by atoms with Gasteiger partial charge in [-0.15, -0.1) is 0 Å². The lowest BCUT2D eigenvalue weighted by Gasteiger charge is -2.16. The molecule has 0 bridgehead atoms. The average Bonchev–Trinajstić information content (AvgIpc) is 3.23. The molecule has 2 atom stereocenters. The number of rotatable bonds is 7. The predicted molar refractivity (Wildman–Crippen MR) is 92.4 cm³/mol. The Bertz CT molecular complexity index is 321. The van der Waals surface area contributed by atoms with Gasteiger partial charge in [0.05, 0.1) is 6.07 Å². The van der Waals surface area contributed by atoms with E-state index in [1.807, 2.05) is 0 Å². The zero-order valence-electron chi connectivity index (χ0n) is 14.7. The Balaban J connectivity index is 0.000000220. The largest absolute Gasteiger partial charge is 0.303 e. The molecular weight excluding hydrogens is 270 g/mol. The second-order valence-corrected chi connectivity index (χ2v) is 7.48. The molecule has 0 aromatic heterocycles. The van der Waals surface area contributed by atoms with Crippen molar-refractivity contribution in [2.75, 3.05) is 0 Å². The first-order valence-electron chi connectivity index (χ1n) is 9.49. The van der Waals surface area contributed by atoms with Crippen molar-refractivity contribution in [3.8, 4) is 6.07 Å². The molecule has 2 saturated carbocycles. The summed E-state index contributed by atoms with van der Waals surface area (Å²) in [6.45, 7) is 4.59. The van der Waals surface area contributed by atoms with Crippen molar-refractivity contribution < 1.29 is 4.79 Å². The van der Waals surface area contributed by atoms with Crippen molar-refractivity contribution in [1.29, 1.82) is 5.26 Å². The van der Waals surface area contributed by atoms with E-state index < -0.39 is 0 Å². The maximum absolute atomic E-state index is 10.1. The van der Waals surface area contributed by atoms with Gasteiger partial charge in [0.1, 0.15) is 6.29 Å². The van der Waals surface area contributed by atoms with Crippen LogP contribution in [0.5, 0.6) is 0 Å². The monoisotopic (exact) mass is 305 g/mol. The molecule has 0 saturated heterocycles. The van der Waals surface area contributed by atoms with Crippen molar-refractivity contribution in [1.82, 2.24) is 0 Å². The van der Waals surface area contributed by atoms with Gasteiger partial charge in [0, 0.05) is 12.8 Å². The highest BCUT2D eigenvalue weighted by Crippen LogP contribution is 2.33. The van der Waals surface area contributed by atoms with Gasteiger partial charge in [0.25, 0.3) is 0 Å². The average molecular weight is 306 g/mol. The Morgan fingerprint density at radius 1 is 0.955 bits per heavy atom. The molecule has 0 aromatic rings. The molecule has 2 nitrogen and oxygen atoms in total. The van der Waals surface area contributed by atoms with Crippen molar-refractivity contribution in [3.63, 3.8) is 0 Å². The Hall–Kier alpha value is -0.840. The van der Waals surface area contributed by atoms with E-state index in [1.54, 1.807) is 0 Å². The molecule has 0 N–H and O–H groups in total. The molecule has 2 unspecified atom stereocenters. The lowest BCUT2D eigenvalue weighted by Crippen LogP contribution is -2.07. The first kappa shape index (κ1) is 19.2. The summed E-state index contributed by atoms with van der Waals surface area (Å²) in [7, 11) is 0. The molecule has 2 aliphatic rings. The van der Waals surface area contributed by atoms with Gasteiger partial charge in [-0.1, -0.05) is 65.2 Å². The molecule has 0 aliphatic heterocycles. The molecule has 2 aliphatic carbocycles. The van der Waals surface area contributed by atoms with Crippen LogP contribution in [0.2, 0.25) is 0 Å². The van der Waals surface area contributed by atoms with Crippen molar-refractivity contribution in [3.05, 3.63) is 0 Å². The lowest BCUT2D eigenvalue weighted by molar-refractivity contribution is -0.108. The third kappa shape index (κ3) is 7.43. The standard InChI is InChI=1S/C10H17N.C10H18O/c2*1-9(5-4-8-11)10-6-2-3-7-10/h9-10H,2-7H2,1H3;8-10H,2-7H2,1H3. The molecule has 126 valence electrons. The van der Waals surface area contributed by atoms with Crippen LogP contribution in [0.15, 0.2) is 0 Å². The molecule has 2 heteroatoms. The minimum absolute atomic E-state index is 0.748. The van der Waals surface area contributed by atoms with Crippen LogP contribution in [-0.2, 0) is 4.79 Å². The molecule has 0 heterocycles. The summed E-state index contributed by atoms with van der Waals surface area (Å²) in [4.78, 5) is 10.1. The van der Waals surface area contributed by atoms with E-state index in [4.69, 9.17) is 5.26 Å². The van der Waals surface area contributed by atoms with Crippen LogP contribution in [0.3, 0.4) is 0 Å². The summed E-state index contributed by atoms with van der Waals surface area (Å²) in [6, 6.07) is 2.22. The lowest BCUT2D eigenvalue weighted by atomic mass is 9.89. The van der Waals surface area contributed by atoms with Gasteiger partial charge >= 0.3 is 0 Å². The van der Waals surface area contributed by atoms with Crippen LogP contribution >= 0.6 is 0 Å². The first-order chi connectivity index (χ1) is 10.7. The van der Waals surface area contributed by atoms with Crippen LogP contribution in [0, 0.1) is 35.0 Å². The second kappa shape index (κ2) is 11.7. The van der Waals surface area contributed by atoms with Gasteiger partial charge in [0.15, 0.2) is 0 Å². The summed E-state index contributed by atoms with van der Waals surface area (Å²) >= 11 is 0. The van der Waals surface area contributed by atoms with Crippen molar-refractivity contribution >= 4 is 6.29 Å². The fraction of sp³-hybridized carbons (Fsp3) is 0.900. The quantitative estimate of drug-likeness (QED) is 0.549. The van der Waals surface area contributed by atoms with E-state index in [0.717, 1.165) is 55.6 Å². The molecule has 22 heavy (non-hydrogen) atoms. The van der Waals surface area contributed by atoms with Crippen molar-refractivity contribution in [2.45, 2.75) is 90.9 Å². The van der Waals surface area contributed by atoms with Crippen LogP contribution in [-0.4, -0.2) is 6.29 Å².